The second kappa shape index (κ2) is 9.70. The van der Waals surface area contributed by atoms with Gasteiger partial charge in [0.2, 0.25) is 11.8 Å². The van der Waals surface area contributed by atoms with E-state index in [2.05, 4.69) is 25.5 Å². The van der Waals surface area contributed by atoms with Crippen molar-refractivity contribution in [2.24, 2.45) is 5.92 Å². The summed E-state index contributed by atoms with van der Waals surface area (Å²) in [5.41, 5.74) is 0.669. The van der Waals surface area contributed by atoms with Crippen LogP contribution >= 0.6 is 11.6 Å². The van der Waals surface area contributed by atoms with Gasteiger partial charge in [0.05, 0.1) is 42.0 Å². The molecule has 194 valence electrons. The van der Waals surface area contributed by atoms with E-state index in [0.717, 1.165) is 31.3 Å². The minimum absolute atomic E-state index is 0.149. The lowest BCUT2D eigenvalue weighted by Gasteiger charge is -2.39. The van der Waals surface area contributed by atoms with Crippen molar-refractivity contribution >= 4 is 23.4 Å². The van der Waals surface area contributed by atoms with Crippen molar-refractivity contribution in [1.29, 1.82) is 0 Å². The standard InChI is InChI=1S/C25H25ClF2N6O3/c1-13(22-17(26)7-15(27)11-30-22)31-23(35)14-3-6-34(25(10-14)4-5-25)24(36)20-9-19(32-33-20)16-8-21(37-2)29-12-18(16)28/h7-9,11-14H,3-6,10H2,1-2H3,(H,31,35)(H,32,33)/t13-,14?/m1/s1. The molecule has 3 aromatic rings. The van der Waals surface area contributed by atoms with Gasteiger partial charge in [-0.15, -0.1) is 0 Å². The Kier molecular flexibility index (Phi) is 6.57. The maximum absolute atomic E-state index is 14.3. The molecule has 2 N–H and O–H groups in total. The summed E-state index contributed by atoms with van der Waals surface area (Å²) in [6.45, 7) is 2.14. The summed E-state index contributed by atoms with van der Waals surface area (Å²) in [6.07, 6.45) is 4.70. The third-order valence-corrected chi connectivity index (χ3v) is 7.37. The number of methoxy groups -OCH3 is 1. The maximum Gasteiger partial charge on any atom is 0.272 e. The zero-order chi connectivity index (χ0) is 26.3. The first-order valence-corrected chi connectivity index (χ1v) is 12.3. The number of halogens is 3. The lowest BCUT2D eigenvalue weighted by atomic mass is 9.87. The molecule has 12 heteroatoms. The first kappa shape index (κ1) is 25.1. The minimum Gasteiger partial charge on any atom is -0.481 e. The average Bonchev–Trinajstić information content (AvgIpc) is 3.45. The summed E-state index contributed by atoms with van der Waals surface area (Å²) in [4.78, 5) is 36.0. The summed E-state index contributed by atoms with van der Waals surface area (Å²) in [7, 11) is 1.43. The molecular weight excluding hydrogens is 506 g/mol. The van der Waals surface area contributed by atoms with E-state index in [9.17, 15) is 18.4 Å². The Balaban J connectivity index is 1.26. The van der Waals surface area contributed by atoms with Crippen LogP contribution in [0.1, 0.15) is 54.8 Å². The van der Waals surface area contributed by atoms with Crippen LogP contribution in [0.5, 0.6) is 5.88 Å². The third-order valence-electron chi connectivity index (χ3n) is 7.07. The molecule has 1 aliphatic carbocycles. The van der Waals surface area contributed by atoms with Gasteiger partial charge >= 0.3 is 0 Å². The Bertz CT molecular complexity index is 1360. The van der Waals surface area contributed by atoms with Gasteiger partial charge in [-0.25, -0.2) is 13.8 Å². The van der Waals surface area contributed by atoms with Crippen molar-refractivity contribution in [1.82, 2.24) is 30.4 Å². The molecule has 4 heterocycles. The molecular formula is C25H25ClF2N6O3. The second-order valence-corrected chi connectivity index (χ2v) is 9.90. The molecule has 1 saturated heterocycles. The van der Waals surface area contributed by atoms with Crippen molar-refractivity contribution in [3.05, 3.63) is 58.6 Å². The van der Waals surface area contributed by atoms with Gasteiger partial charge in [0.25, 0.3) is 5.91 Å². The number of amides is 2. The molecule has 2 aliphatic rings. The topological polar surface area (TPSA) is 113 Å². The molecule has 0 radical (unpaired) electrons. The lowest BCUT2D eigenvalue weighted by molar-refractivity contribution is -0.128. The average molecular weight is 531 g/mol. The van der Waals surface area contributed by atoms with Crippen LogP contribution in [0.15, 0.2) is 30.6 Å². The van der Waals surface area contributed by atoms with Crippen molar-refractivity contribution in [2.45, 2.75) is 44.2 Å². The number of piperidine rings is 1. The molecule has 1 saturated carbocycles. The molecule has 0 aromatic carbocycles. The summed E-state index contributed by atoms with van der Waals surface area (Å²) in [5, 5.41) is 9.92. The maximum atomic E-state index is 14.3. The molecule has 2 atom stereocenters. The number of hydrogen-bond donors (Lipinski definition) is 2. The first-order valence-electron chi connectivity index (χ1n) is 11.9. The van der Waals surface area contributed by atoms with E-state index < -0.39 is 23.2 Å². The summed E-state index contributed by atoms with van der Waals surface area (Å²) in [6, 6.07) is 3.60. The molecule has 0 bridgehead atoms. The number of pyridine rings is 2. The van der Waals surface area contributed by atoms with Gasteiger partial charge in [0, 0.05) is 29.6 Å². The summed E-state index contributed by atoms with van der Waals surface area (Å²) < 4.78 is 32.7. The Morgan fingerprint density at radius 1 is 1.24 bits per heavy atom. The highest BCUT2D eigenvalue weighted by Crippen LogP contribution is 2.50. The highest BCUT2D eigenvalue weighted by molar-refractivity contribution is 6.31. The smallest absolute Gasteiger partial charge is 0.272 e. The van der Waals surface area contributed by atoms with Crippen LogP contribution in [-0.4, -0.2) is 56.1 Å². The monoisotopic (exact) mass is 530 g/mol. The van der Waals surface area contributed by atoms with Crippen molar-refractivity contribution in [2.75, 3.05) is 13.7 Å². The van der Waals surface area contributed by atoms with E-state index in [1.54, 1.807) is 11.8 Å². The summed E-state index contributed by atoms with van der Waals surface area (Å²) in [5.74, 6) is -1.58. The van der Waals surface area contributed by atoms with E-state index in [1.807, 2.05) is 0 Å². The first-order chi connectivity index (χ1) is 17.7. The number of carbonyl (C=O) groups excluding carboxylic acids is 2. The van der Waals surface area contributed by atoms with Gasteiger partial charge in [0.1, 0.15) is 11.5 Å². The lowest BCUT2D eigenvalue weighted by Crippen LogP contribution is -2.51. The number of hydrogen-bond acceptors (Lipinski definition) is 6. The summed E-state index contributed by atoms with van der Waals surface area (Å²) >= 11 is 6.09. The molecule has 5 rings (SSSR count). The normalized spacial score (nSPS) is 18.9. The molecule has 1 aliphatic heterocycles. The zero-order valence-corrected chi connectivity index (χ0v) is 21.0. The van der Waals surface area contributed by atoms with Crippen LogP contribution in [0.2, 0.25) is 5.02 Å². The van der Waals surface area contributed by atoms with E-state index >= 15 is 0 Å². The van der Waals surface area contributed by atoms with Gasteiger partial charge in [-0.2, -0.15) is 5.10 Å². The SMILES string of the molecule is COc1cc(-c2cc(C(=O)N3CCC(C(=O)N[C@H](C)c4ncc(F)cc4Cl)CC34CC4)[nH]n2)c(F)cn1. The van der Waals surface area contributed by atoms with Gasteiger partial charge in [-0.3, -0.25) is 19.7 Å². The Morgan fingerprint density at radius 2 is 2.03 bits per heavy atom. The number of nitrogens with zero attached hydrogens (tertiary/aromatic N) is 4. The number of carbonyl (C=O) groups is 2. The van der Waals surface area contributed by atoms with Crippen molar-refractivity contribution in [3.63, 3.8) is 0 Å². The van der Waals surface area contributed by atoms with E-state index in [1.165, 1.54) is 19.2 Å². The molecule has 2 fully saturated rings. The third kappa shape index (κ3) is 4.87. The number of aromatic nitrogens is 4. The van der Waals surface area contributed by atoms with Gasteiger partial charge < -0.3 is 15.0 Å². The molecule has 2 amide bonds. The number of likely N-dealkylation sites (tertiary alicyclic amines) is 1. The fourth-order valence-electron chi connectivity index (χ4n) is 4.94. The number of H-pyrrole nitrogens is 1. The highest BCUT2D eigenvalue weighted by Gasteiger charge is 2.54. The van der Waals surface area contributed by atoms with Crippen molar-refractivity contribution in [3.8, 4) is 17.1 Å². The Hall–Kier alpha value is -3.60. The van der Waals surface area contributed by atoms with E-state index in [-0.39, 0.29) is 45.6 Å². The number of ether oxygens (including phenoxy) is 1. The fourth-order valence-corrected chi connectivity index (χ4v) is 5.25. The van der Waals surface area contributed by atoms with Crippen molar-refractivity contribution < 1.29 is 23.1 Å². The second-order valence-electron chi connectivity index (χ2n) is 9.50. The zero-order valence-electron chi connectivity index (χ0n) is 20.2. The number of aromatic amines is 1. The molecule has 3 aromatic heterocycles. The molecule has 1 unspecified atom stereocenters. The van der Waals surface area contributed by atoms with Crippen LogP contribution < -0.4 is 10.1 Å². The van der Waals surface area contributed by atoms with Gasteiger partial charge in [-0.05, 0) is 44.7 Å². The van der Waals surface area contributed by atoms with Crippen LogP contribution in [-0.2, 0) is 4.79 Å². The Labute approximate surface area is 216 Å². The van der Waals surface area contributed by atoms with Gasteiger partial charge in [-0.1, -0.05) is 11.6 Å². The van der Waals surface area contributed by atoms with Crippen LogP contribution in [0.4, 0.5) is 8.78 Å². The van der Waals surface area contributed by atoms with E-state index in [0.29, 0.717) is 25.1 Å². The molecule has 37 heavy (non-hydrogen) atoms. The fraction of sp³-hybridized carbons (Fsp3) is 0.400. The highest BCUT2D eigenvalue weighted by atomic mass is 35.5. The Morgan fingerprint density at radius 3 is 2.73 bits per heavy atom. The number of rotatable bonds is 6. The predicted octanol–water partition coefficient (Wildman–Crippen LogP) is 4.07. The van der Waals surface area contributed by atoms with E-state index in [4.69, 9.17) is 16.3 Å². The van der Waals surface area contributed by atoms with Gasteiger partial charge in [0.15, 0.2) is 5.82 Å². The van der Waals surface area contributed by atoms with Crippen LogP contribution in [0.3, 0.4) is 0 Å². The number of nitrogens with one attached hydrogen (secondary N) is 2. The molecule has 1 spiro atoms. The van der Waals surface area contributed by atoms with Crippen LogP contribution in [0, 0.1) is 17.6 Å². The largest absolute Gasteiger partial charge is 0.481 e. The minimum atomic E-state index is -0.580. The van der Waals surface area contributed by atoms with Crippen LogP contribution in [0.25, 0.3) is 11.3 Å². The molecule has 9 nitrogen and oxygen atoms in total. The quantitative estimate of drug-likeness (QED) is 0.497. The predicted molar refractivity (Wildman–Crippen MR) is 130 cm³/mol.